The minimum Gasteiger partial charge on any atom is -0.343 e. The molecule has 0 radical (unpaired) electrons. The lowest BCUT2D eigenvalue weighted by Crippen LogP contribution is -2.46. The Hall–Kier alpha value is -1.84. The highest BCUT2D eigenvalue weighted by Crippen LogP contribution is 2.35. The van der Waals surface area contributed by atoms with Crippen LogP contribution in [0.4, 0.5) is 0 Å². The summed E-state index contributed by atoms with van der Waals surface area (Å²) in [6, 6.07) is 8.92. The molecule has 29 heavy (non-hydrogen) atoms. The van der Waals surface area contributed by atoms with E-state index < -0.39 is 0 Å². The maximum absolute atomic E-state index is 13.2. The van der Waals surface area contributed by atoms with Gasteiger partial charge in [0.05, 0.1) is 0 Å². The van der Waals surface area contributed by atoms with Crippen LogP contribution in [0.1, 0.15) is 75.3 Å². The first-order valence-corrected chi connectivity index (χ1v) is 11.8. The lowest BCUT2D eigenvalue weighted by molar-refractivity contribution is -0.139. The summed E-state index contributed by atoms with van der Waals surface area (Å²) in [4.78, 5) is 30.1. The van der Waals surface area contributed by atoms with Gasteiger partial charge in [0.2, 0.25) is 11.8 Å². The zero-order valence-electron chi connectivity index (χ0n) is 17.9. The predicted molar refractivity (Wildman–Crippen MR) is 116 cm³/mol. The van der Waals surface area contributed by atoms with Gasteiger partial charge in [-0.2, -0.15) is 0 Å². The molecule has 3 aliphatic rings. The van der Waals surface area contributed by atoms with E-state index in [2.05, 4.69) is 36.1 Å². The van der Waals surface area contributed by atoms with E-state index in [0.717, 1.165) is 64.7 Å². The largest absolute Gasteiger partial charge is 0.343 e. The quantitative estimate of drug-likeness (QED) is 0.741. The number of benzene rings is 1. The molecule has 2 aliphatic heterocycles. The summed E-state index contributed by atoms with van der Waals surface area (Å²) in [7, 11) is 0. The Balaban J connectivity index is 1.48. The van der Waals surface area contributed by atoms with Crippen molar-refractivity contribution in [3.05, 3.63) is 35.4 Å². The summed E-state index contributed by atoms with van der Waals surface area (Å²) in [5, 5.41) is 0. The molecule has 0 N–H and O–H groups in total. The Morgan fingerprint density at radius 1 is 0.931 bits per heavy atom. The fraction of sp³-hybridized carbons (Fsp3) is 0.680. The number of carbonyl (C=O) groups excluding carboxylic acids is 2. The van der Waals surface area contributed by atoms with Gasteiger partial charge in [-0.1, -0.05) is 44.0 Å². The van der Waals surface area contributed by atoms with Crippen molar-refractivity contribution in [3.63, 3.8) is 0 Å². The van der Waals surface area contributed by atoms with E-state index in [9.17, 15) is 9.59 Å². The fourth-order valence-electron chi connectivity index (χ4n) is 5.57. The first-order valence-electron chi connectivity index (χ1n) is 11.8. The second-order valence-electron chi connectivity index (χ2n) is 9.41. The third-order valence-corrected chi connectivity index (χ3v) is 7.33. The molecule has 3 fully saturated rings. The van der Waals surface area contributed by atoms with Crippen molar-refractivity contribution in [2.45, 2.75) is 70.6 Å². The highest BCUT2D eigenvalue weighted by Gasteiger charge is 2.36. The average molecular weight is 397 g/mol. The monoisotopic (exact) mass is 396 g/mol. The van der Waals surface area contributed by atoms with Gasteiger partial charge in [-0.25, -0.2) is 0 Å². The van der Waals surface area contributed by atoms with Crippen LogP contribution in [-0.2, 0) is 16.0 Å². The van der Waals surface area contributed by atoms with Crippen LogP contribution in [-0.4, -0.2) is 47.8 Å². The number of hydrogen-bond acceptors (Lipinski definition) is 2. The van der Waals surface area contributed by atoms with Crippen molar-refractivity contribution in [2.75, 3.05) is 26.2 Å². The van der Waals surface area contributed by atoms with Crippen LogP contribution in [0.25, 0.3) is 0 Å². The number of amides is 2. The molecule has 0 bridgehead atoms. The zero-order chi connectivity index (χ0) is 20.2. The van der Waals surface area contributed by atoms with Crippen LogP contribution in [0.2, 0.25) is 0 Å². The van der Waals surface area contributed by atoms with E-state index in [1.807, 2.05) is 4.90 Å². The minimum atomic E-state index is 0.214. The van der Waals surface area contributed by atoms with E-state index >= 15 is 0 Å². The average Bonchev–Trinajstić information content (AvgIpc) is 3.47. The molecule has 1 saturated carbocycles. The lowest BCUT2D eigenvalue weighted by atomic mass is 9.82. The summed E-state index contributed by atoms with van der Waals surface area (Å²) >= 11 is 0. The molecule has 2 saturated heterocycles. The SMILES string of the molecule is CCc1ccc(C2CC(CC(=O)N3CCCC3)CN(C(=O)C3CCCC3)C2)cc1. The minimum absolute atomic E-state index is 0.214. The van der Waals surface area contributed by atoms with E-state index in [-0.39, 0.29) is 11.8 Å². The Morgan fingerprint density at radius 3 is 2.28 bits per heavy atom. The first-order chi connectivity index (χ1) is 14.1. The normalized spacial score (nSPS) is 25.6. The Kier molecular flexibility index (Phi) is 6.56. The zero-order valence-corrected chi connectivity index (χ0v) is 17.9. The van der Waals surface area contributed by atoms with Gasteiger partial charge in [-0.05, 0) is 55.6 Å². The number of hydrogen-bond donors (Lipinski definition) is 0. The number of aryl methyl sites for hydroxylation is 1. The van der Waals surface area contributed by atoms with Gasteiger partial charge in [-0.3, -0.25) is 9.59 Å². The van der Waals surface area contributed by atoms with Crippen molar-refractivity contribution in [1.82, 2.24) is 9.80 Å². The number of piperidine rings is 1. The first kappa shape index (κ1) is 20.4. The molecule has 2 unspecified atom stereocenters. The highest BCUT2D eigenvalue weighted by atomic mass is 16.2. The summed E-state index contributed by atoms with van der Waals surface area (Å²) in [5.74, 6) is 1.47. The van der Waals surface area contributed by atoms with Gasteiger partial charge in [-0.15, -0.1) is 0 Å². The van der Waals surface area contributed by atoms with Crippen LogP contribution in [0, 0.1) is 11.8 Å². The molecule has 4 heteroatoms. The molecule has 4 nitrogen and oxygen atoms in total. The van der Waals surface area contributed by atoms with Crippen molar-refractivity contribution in [2.24, 2.45) is 11.8 Å². The topological polar surface area (TPSA) is 40.6 Å². The summed E-state index contributed by atoms with van der Waals surface area (Å²) in [6.45, 7) is 5.58. The van der Waals surface area contributed by atoms with Crippen LogP contribution in [0.3, 0.4) is 0 Å². The molecular formula is C25H36N2O2. The molecule has 0 spiro atoms. The van der Waals surface area contributed by atoms with E-state index in [1.165, 1.54) is 24.0 Å². The Bertz CT molecular complexity index is 702. The predicted octanol–water partition coefficient (Wildman–Crippen LogP) is 4.38. The summed E-state index contributed by atoms with van der Waals surface area (Å²) in [6.07, 6.45) is 9.38. The van der Waals surface area contributed by atoms with Gasteiger partial charge >= 0.3 is 0 Å². The maximum atomic E-state index is 13.2. The maximum Gasteiger partial charge on any atom is 0.225 e. The van der Waals surface area contributed by atoms with Crippen LogP contribution in [0.15, 0.2) is 24.3 Å². The molecule has 1 aromatic rings. The molecule has 2 amide bonds. The number of likely N-dealkylation sites (tertiary alicyclic amines) is 2. The van der Waals surface area contributed by atoms with Gasteiger partial charge in [0, 0.05) is 44.4 Å². The van der Waals surface area contributed by atoms with Crippen molar-refractivity contribution in [1.29, 1.82) is 0 Å². The van der Waals surface area contributed by atoms with E-state index in [0.29, 0.717) is 24.2 Å². The molecule has 0 aromatic heterocycles. The Labute approximate surface area is 175 Å². The molecule has 4 rings (SSSR count). The summed E-state index contributed by atoms with van der Waals surface area (Å²) in [5.41, 5.74) is 2.67. The van der Waals surface area contributed by atoms with Gasteiger partial charge in [0.1, 0.15) is 0 Å². The third kappa shape index (κ3) is 4.84. The number of carbonyl (C=O) groups is 2. The van der Waals surface area contributed by atoms with Crippen molar-refractivity contribution >= 4 is 11.8 Å². The molecule has 158 valence electrons. The van der Waals surface area contributed by atoms with Gasteiger partial charge in [0.15, 0.2) is 0 Å². The van der Waals surface area contributed by atoms with Crippen LogP contribution >= 0.6 is 0 Å². The Morgan fingerprint density at radius 2 is 1.62 bits per heavy atom. The second kappa shape index (κ2) is 9.32. The van der Waals surface area contributed by atoms with Crippen LogP contribution in [0.5, 0.6) is 0 Å². The van der Waals surface area contributed by atoms with Crippen molar-refractivity contribution in [3.8, 4) is 0 Å². The standard InChI is InChI=1S/C25H36N2O2/c1-2-19-9-11-21(12-10-19)23-15-20(16-24(28)26-13-5-6-14-26)17-27(18-23)25(29)22-7-3-4-8-22/h9-12,20,22-23H,2-8,13-18H2,1H3. The molecular weight excluding hydrogens is 360 g/mol. The molecule has 2 atom stereocenters. The number of nitrogens with zero attached hydrogens (tertiary/aromatic N) is 2. The van der Waals surface area contributed by atoms with Gasteiger partial charge in [0.25, 0.3) is 0 Å². The second-order valence-corrected chi connectivity index (χ2v) is 9.41. The van der Waals surface area contributed by atoms with Crippen LogP contribution < -0.4 is 0 Å². The molecule has 1 aromatic carbocycles. The number of rotatable bonds is 5. The third-order valence-electron chi connectivity index (χ3n) is 7.33. The van der Waals surface area contributed by atoms with E-state index in [1.54, 1.807) is 0 Å². The highest BCUT2D eigenvalue weighted by molar-refractivity contribution is 5.80. The fourth-order valence-corrected chi connectivity index (χ4v) is 5.57. The smallest absolute Gasteiger partial charge is 0.225 e. The summed E-state index contributed by atoms with van der Waals surface area (Å²) < 4.78 is 0. The van der Waals surface area contributed by atoms with Gasteiger partial charge < -0.3 is 9.80 Å². The van der Waals surface area contributed by atoms with Crippen molar-refractivity contribution < 1.29 is 9.59 Å². The lowest BCUT2D eigenvalue weighted by Gasteiger charge is -2.39. The molecule has 2 heterocycles. The molecule has 1 aliphatic carbocycles. The van der Waals surface area contributed by atoms with E-state index in [4.69, 9.17) is 0 Å².